The van der Waals surface area contributed by atoms with Crippen molar-refractivity contribution in [3.05, 3.63) is 141 Å². The molecule has 0 fully saturated rings. The Morgan fingerprint density at radius 3 is 1.41 bits per heavy atom. The first kappa shape index (κ1) is 27.4. The minimum absolute atomic E-state index is 0.0383. The van der Waals surface area contributed by atoms with Crippen LogP contribution in [-0.2, 0) is 9.84 Å². The van der Waals surface area contributed by atoms with E-state index in [0.29, 0.717) is 33.8 Å². The number of nitrogens with zero attached hydrogens (tertiary/aromatic N) is 2. The molecule has 0 aliphatic rings. The standard InChI is InChI=1S/C32H28N2O4S/c1-21-13-15-29(27(17-21)31(33-3)23-9-7-11-25(19-23)37-5)39(35,36)30-16-14-22(2)18-28(30)32(34-4)24-10-8-12-26(20-24)38-6/h7-20,31-32H,1-2,5-6H3. The van der Waals surface area contributed by atoms with Crippen LogP contribution < -0.4 is 9.47 Å². The fraction of sp³-hybridized carbons (Fsp3) is 0.188. The number of rotatable bonds is 8. The van der Waals surface area contributed by atoms with Gasteiger partial charge in [0.1, 0.15) is 11.5 Å². The van der Waals surface area contributed by atoms with Crippen LogP contribution in [0.2, 0.25) is 0 Å². The molecule has 2 atom stereocenters. The number of sulfone groups is 1. The van der Waals surface area contributed by atoms with E-state index < -0.39 is 21.9 Å². The van der Waals surface area contributed by atoms with Gasteiger partial charge in [-0.05, 0) is 62.4 Å². The van der Waals surface area contributed by atoms with Crippen LogP contribution in [0.15, 0.2) is 94.7 Å². The van der Waals surface area contributed by atoms with E-state index in [4.69, 9.17) is 22.6 Å². The van der Waals surface area contributed by atoms with Crippen molar-refractivity contribution >= 4 is 9.84 Å². The smallest absolute Gasteiger partial charge is 0.275 e. The van der Waals surface area contributed by atoms with E-state index in [1.165, 1.54) is 0 Å². The quantitative estimate of drug-likeness (QED) is 0.224. The molecular weight excluding hydrogens is 508 g/mol. The SMILES string of the molecule is [C-]#[N+]C(c1cccc(OC)c1)c1cc(C)ccc1S(=O)(=O)c1ccc(C)cc1C([N+]#[C-])c1cccc(OC)c1. The van der Waals surface area contributed by atoms with Crippen LogP contribution in [0.4, 0.5) is 0 Å². The second kappa shape index (κ2) is 11.4. The Bertz CT molecular complexity index is 1590. The second-order valence-corrected chi connectivity index (χ2v) is 11.1. The molecule has 2 unspecified atom stereocenters. The molecule has 0 N–H and O–H groups in total. The Balaban J connectivity index is 1.94. The third-order valence-electron chi connectivity index (χ3n) is 6.58. The Morgan fingerprint density at radius 2 is 1.05 bits per heavy atom. The van der Waals surface area contributed by atoms with Gasteiger partial charge in [0.25, 0.3) is 12.1 Å². The summed E-state index contributed by atoms with van der Waals surface area (Å²) in [5, 5.41) is 0. The summed E-state index contributed by atoms with van der Waals surface area (Å²) >= 11 is 0. The summed E-state index contributed by atoms with van der Waals surface area (Å²) in [7, 11) is -1.05. The first-order valence-electron chi connectivity index (χ1n) is 12.2. The van der Waals surface area contributed by atoms with E-state index in [0.717, 1.165) is 11.1 Å². The van der Waals surface area contributed by atoms with Crippen LogP contribution in [0.3, 0.4) is 0 Å². The number of aryl methyl sites for hydroxylation is 2. The van der Waals surface area contributed by atoms with E-state index in [9.17, 15) is 8.42 Å². The molecule has 0 saturated heterocycles. The Hall–Kier alpha value is -4.59. The first-order valence-corrected chi connectivity index (χ1v) is 13.7. The highest BCUT2D eigenvalue weighted by Gasteiger charge is 2.34. The fourth-order valence-corrected chi connectivity index (χ4v) is 6.33. The maximum absolute atomic E-state index is 14.4. The Labute approximate surface area is 230 Å². The van der Waals surface area contributed by atoms with Crippen LogP contribution in [0, 0.1) is 27.0 Å². The molecule has 39 heavy (non-hydrogen) atoms. The molecule has 6 nitrogen and oxygen atoms in total. The van der Waals surface area contributed by atoms with E-state index in [1.807, 2.05) is 13.8 Å². The largest absolute Gasteiger partial charge is 0.497 e. The van der Waals surface area contributed by atoms with Gasteiger partial charge in [-0.2, -0.15) is 0 Å². The highest BCUT2D eigenvalue weighted by atomic mass is 32.2. The summed E-state index contributed by atoms with van der Waals surface area (Å²) in [4.78, 5) is 7.75. The van der Waals surface area contributed by atoms with Gasteiger partial charge in [-0.1, -0.05) is 47.5 Å². The molecule has 0 saturated carbocycles. The third-order valence-corrected chi connectivity index (χ3v) is 8.48. The van der Waals surface area contributed by atoms with E-state index in [-0.39, 0.29) is 9.79 Å². The van der Waals surface area contributed by atoms with Crippen molar-refractivity contribution in [2.75, 3.05) is 14.2 Å². The van der Waals surface area contributed by atoms with E-state index in [1.54, 1.807) is 99.1 Å². The van der Waals surface area contributed by atoms with Crippen molar-refractivity contribution in [3.63, 3.8) is 0 Å². The van der Waals surface area contributed by atoms with Crippen molar-refractivity contribution in [1.29, 1.82) is 0 Å². The molecule has 4 aromatic rings. The van der Waals surface area contributed by atoms with Gasteiger partial charge in [0.05, 0.1) is 35.1 Å². The molecule has 0 heterocycles. The molecule has 0 bridgehead atoms. The molecule has 0 aromatic heterocycles. The van der Waals surface area contributed by atoms with Gasteiger partial charge < -0.3 is 19.2 Å². The highest BCUT2D eigenvalue weighted by Crippen LogP contribution is 2.39. The number of methoxy groups -OCH3 is 2. The number of hydrogen-bond donors (Lipinski definition) is 0. The third kappa shape index (κ3) is 5.50. The monoisotopic (exact) mass is 536 g/mol. The van der Waals surface area contributed by atoms with Crippen LogP contribution in [-0.4, -0.2) is 22.6 Å². The minimum Gasteiger partial charge on any atom is -0.497 e. The van der Waals surface area contributed by atoms with Crippen molar-refractivity contribution in [2.24, 2.45) is 0 Å². The summed E-state index contributed by atoms with van der Waals surface area (Å²) in [6, 6.07) is 22.5. The normalized spacial score (nSPS) is 12.6. The van der Waals surface area contributed by atoms with Crippen LogP contribution in [0.5, 0.6) is 11.5 Å². The van der Waals surface area contributed by atoms with E-state index >= 15 is 0 Å². The van der Waals surface area contributed by atoms with Gasteiger partial charge >= 0.3 is 0 Å². The fourth-order valence-electron chi connectivity index (χ4n) is 4.64. The molecule has 7 heteroatoms. The molecule has 196 valence electrons. The number of ether oxygens (including phenoxy) is 2. The number of hydrogen-bond acceptors (Lipinski definition) is 4. The molecule has 0 amide bonds. The van der Waals surface area contributed by atoms with Gasteiger partial charge in [0.2, 0.25) is 9.84 Å². The van der Waals surface area contributed by atoms with Gasteiger partial charge in [-0.3, -0.25) is 0 Å². The Kier molecular flexibility index (Phi) is 8.04. The summed E-state index contributed by atoms with van der Waals surface area (Å²) in [6.07, 6.45) is 0. The van der Waals surface area contributed by atoms with Gasteiger partial charge in [0.15, 0.2) is 0 Å². The predicted molar refractivity (Wildman–Crippen MR) is 151 cm³/mol. The topological polar surface area (TPSA) is 61.3 Å². The first-order chi connectivity index (χ1) is 18.7. The average molecular weight is 537 g/mol. The van der Waals surface area contributed by atoms with Crippen LogP contribution >= 0.6 is 0 Å². The van der Waals surface area contributed by atoms with Crippen LogP contribution in [0.1, 0.15) is 45.5 Å². The molecule has 4 rings (SSSR count). The highest BCUT2D eigenvalue weighted by molar-refractivity contribution is 7.91. The lowest BCUT2D eigenvalue weighted by Gasteiger charge is -2.17. The molecule has 0 aliphatic carbocycles. The zero-order chi connectivity index (χ0) is 28.2. The molecule has 4 aromatic carbocycles. The Morgan fingerprint density at radius 1 is 0.641 bits per heavy atom. The summed E-state index contributed by atoms with van der Waals surface area (Å²) in [5.41, 5.74) is 3.69. The zero-order valence-corrected chi connectivity index (χ0v) is 23.0. The lowest BCUT2D eigenvalue weighted by molar-refractivity contribution is 0.414. The second-order valence-electron chi connectivity index (χ2n) is 9.20. The van der Waals surface area contributed by atoms with Crippen molar-refractivity contribution < 1.29 is 17.9 Å². The predicted octanol–water partition coefficient (Wildman–Crippen LogP) is 7.17. The maximum atomic E-state index is 14.4. The van der Waals surface area contributed by atoms with E-state index in [2.05, 4.69) is 9.69 Å². The maximum Gasteiger partial charge on any atom is 0.275 e. The van der Waals surface area contributed by atoms with Crippen molar-refractivity contribution in [2.45, 2.75) is 35.7 Å². The van der Waals surface area contributed by atoms with Gasteiger partial charge in [-0.15, -0.1) is 0 Å². The van der Waals surface area contributed by atoms with Gasteiger partial charge in [0, 0.05) is 11.1 Å². The lowest BCUT2D eigenvalue weighted by atomic mass is 9.97. The molecule has 0 aliphatic heterocycles. The summed E-state index contributed by atoms with van der Waals surface area (Å²) in [5.74, 6) is 1.16. The number of benzene rings is 4. The summed E-state index contributed by atoms with van der Waals surface area (Å²) in [6.45, 7) is 19.7. The summed E-state index contributed by atoms with van der Waals surface area (Å²) < 4.78 is 39.5. The lowest BCUT2D eigenvalue weighted by Crippen LogP contribution is -2.13. The minimum atomic E-state index is -4.14. The molecular formula is C32H28N2O4S. The van der Waals surface area contributed by atoms with Crippen LogP contribution in [0.25, 0.3) is 9.69 Å². The molecule has 0 spiro atoms. The zero-order valence-electron chi connectivity index (χ0n) is 22.2. The molecule has 0 radical (unpaired) electrons. The average Bonchev–Trinajstić information content (AvgIpc) is 2.94. The van der Waals surface area contributed by atoms with Gasteiger partial charge in [-0.25, -0.2) is 21.6 Å². The van der Waals surface area contributed by atoms with Crippen molar-refractivity contribution in [1.82, 2.24) is 0 Å². The van der Waals surface area contributed by atoms with Crippen molar-refractivity contribution in [3.8, 4) is 11.5 Å².